The van der Waals surface area contributed by atoms with E-state index in [0.717, 1.165) is 12.2 Å². The molecule has 0 saturated heterocycles. The van der Waals surface area contributed by atoms with Crippen LogP contribution in [0.25, 0.3) is 0 Å². The molecule has 76 valence electrons. The molecule has 1 aromatic rings. The first kappa shape index (κ1) is 9.63. The van der Waals surface area contributed by atoms with Crippen molar-refractivity contribution in [1.29, 1.82) is 0 Å². The lowest BCUT2D eigenvalue weighted by Crippen LogP contribution is -2.01. The third-order valence-corrected chi connectivity index (χ3v) is 2.93. The maximum Gasteiger partial charge on any atom is 0.125 e. The van der Waals surface area contributed by atoms with E-state index in [4.69, 9.17) is 0 Å². The van der Waals surface area contributed by atoms with E-state index in [9.17, 15) is 0 Å². The van der Waals surface area contributed by atoms with E-state index < -0.39 is 0 Å². The Balaban J connectivity index is 2.22. The molecule has 0 radical (unpaired) electrons. The van der Waals surface area contributed by atoms with Crippen molar-refractivity contribution in [3.8, 4) is 0 Å². The fourth-order valence-corrected chi connectivity index (χ4v) is 2.11. The standard InChI is InChI=1S/C12H18N2/c1-10-13-9-11-7-5-3-2-4-6-8-12(11)14-10/h9H,2-8H2,1H3. The zero-order valence-electron chi connectivity index (χ0n) is 8.92. The summed E-state index contributed by atoms with van der Waals surface area (Å²) < 4.78 is 0. The Kier molecular flexibility index (Phi) is 3.12. The Morgan fingerprint density at radius 1 is 1.00 bits per heavy atom. The van der Waals surface area contributed by atoms with Gasteiger partial charge in [0.15, 0.2) is 0 Å². The molecule has 0 aliphatic heterocycles. The fourth-order valence-electron chi connectivity index (χ4n) is 2.11. The summed E-state index contributed by atoms with van der Waals surface area (Å²) in [5, 5.41) is 0. The van der Waals surface area contributed by atoms with Crippen molar-refractivity contribution in [2.75, 3.05) is 0 Å². The molecule has 0 saturated carbocycles. The van der Waals surface area contributed by atoms with Gasteiger partial charge in [0.05, 0.1) is 0 Å². The zero-order valence-corrected chi connectivity index (χ0v) is 8.92. The van der Waals surface area contributed by atoms with Gasteiger partial charge in [-0.2, -0.15) is 0 Å². The van der Waals surface area contributed by atoms with Crippen molar-refractivity contribution in [2.24, 2.45) is 0 Å². The summed E-state index contributed by atoms with van der Waals surface area (Å²) in [6.07, 6.45) is 11.1. The summed E-state index contributed by atoms with van der Waals surface area (Å²) in [5.41, 5.74) is 2.69. The van der Waals surface area contributed by atoms with Crippen LogP contribution in [0.5, 0.6) is 0 Å². The lowest BCUT2D eigenvalue weighted by molar-refractivity contribution is 0.628. The molecule has 0 N–H and O–H groups in total. The van der Waals surface area contributed by atoms with Crippen molar-refractivity contribution in [2.45, 2.75) is 51.9 Å². The Morgan fingerprint density at radius 2 is 1.71 bits per heavy atom. The van der Waals surface area contributed by atoms with E-state index in [1.54, 1.807) is 0 Å². The molecule has 0 amide bonds. The van der Waals surface area contributed by atoms with Gasteiger partial charge in [0.2, 0.25) is 0 Å². The van der Waals surface area contributed by atoms with Crippen LogP contribution < -0.4 is 0 Å². The molecule has 1 aliphatic carbocycles. The Labute approximate surface area is 85.8 Å². The van der Waals surface area contributed by atoms with Crippen molar-refractivity contribution < 1.29 is 0 Å². The highest BCUT2D eigenvalue weighted by Gasteiger charge is 2.07. The smallest absolute Gasteiger partial charge is 0.125 e. The molecular formula is C12H18N2. The van der Waals surface area contributed by atoms with E-state index in [2.05, 4.69) is 9.97 Å². The third-order valence-electron chi connectivity index (χ3n) is 2.93. The van der Waals surface area contributed by atoms with Crippen LogP contribution in [0.3, 0.4) is 0 Å². The maximum absolute atomic E-state index is 4.55. The van der Waals surface area contributed by atoms with Gasteiger partial charge in [0.1, 0.15) is 5.82 Å². The Bertz CT molecular complexity index is 307. The molecule has 1 heterocycles. The molecule has 2 nitrogen and oxygen atoms in total. The van der Waals surface area contributed by atoms with Crippen LogP contribution in [0, 0.1) is 6.92 Å². The number of rotatable bonds is 0. The highest BCUT2D eigenvalue weighted by molar-refractivity contribution is 5.18. The monoisotopic (exact) mass is 190 g/mol. The summed E-state index contributed by atoms with van der Waals surface area (Å²) >= 11 is 0. The first-order valence-corrected chi connectivity index (χ1v) is 5.67. The van der Waals surface area contributed by atoms with E-state index in [1.807, 2.05) is 13.1 Å². The van der Waals surface area contributed by atoms with Gasteiger partial charge in [-0.1, -0.05) is 19.3 Å². The van der Waals surface area contributed by atoms with Gasteiger partial charge in [0, 0.05) is 11.9 Å². The van der Waals surface area contributed by atoms with Crippen molar-refractivity contribution in [3.63, 3.8) is 0 Å². The number of hydrogen-bond acceptors (Lipinski definition) is 2. The van der Waals surface area contributed by atoms with Crippen LogP contribution in [-0.2, 0) is 12.8 Å². The second kappa shape index (κ2) is 4.54. The fraction of sp³-hybridized carbons (Fsp3) is 0.667. The highest BCUT2D eigenvalue weighted by Crippen LogP contribution is 2.17. The van der Waals surface area contributed by atoms with Crippen LogP contribution in [0.2, 0.25) is 0 Å². The molecule has 0 bridgehead atoms. The summed E-state index contributed by atoms with van der Waals surface area (Å²) in [5.74, 6) is 0.919. The van der Waals surface area contributed by atoms with Gasteiger partial charge >= 0.3 is 0 Å². The zero-order chi connectivity index (χ0) is 9.80. The number of aromatic nitrogens is 2. The van der Waals surface area contributed by atoms with Gasteiger partial charge in [-0.3, -0.25) is 0 Å². The summed E-state index contributed by atoms with van der Waals surface area (Å²) in [6.45, 7) is 1.98. The number of nitrogens with zero attached hydrogens (tertiary/aromatic N) is 2. The van der Waals surface area contributed by atoms with Crippen molar-refractivity contribution in [1.82, 2.24) is 9.97 Å². The molecule has 0 fully saturated rings. The largest absolute Gasteiger partial charge is 0.241 e. The first-order chi connectivity index (χ1) is 6.86. The molecule has 0 unspecified atom stereocenters. The normalized spacial score (nSPS) is 17.8. The number of fused-ring (bicyclic) bond motifs is 1. The summed E-state index contributed by atoms with van der Waals surface area (Å²) in [4.78, 5) is 8.83. The molecular weight excluding hydrogens is 172 g/mol. The Morgan fingerprint density at radius 3 is 2.57 bits per heavy atom. The van der Waals surface area contributed by atoms with Crippen LogP contribution >= 0.6 is 0 Å². The number of aryl methyl sites for hydroxylation is 3. The molecule has 1 aliphatic rings. The first-order valence-electron chi connectivity index (χ1n) is 5.67. The molecule has 1 aromatic heterocycles. The lowest BCUT2D eigenvalue weighted by atomic mass is 10.1. The van der Waals surface area contributed by atoms with E-state index >= 15 is 0 Å². The molecule has 0 atom stereocenters. The summed E-state index contributed by atoms with van der Waals surface area (Å²) in [7, 11) is 0. The summed E-state index contributed by atoms with van der Waals surface area (Å²) in [6, 6.07) is 0. The average molecular weight is 190 g/mol. The Hall–Kier alpha value is -0.920. The van der Waals surface area contributed by atoms with Gasteiger partial charge < -0.3 is 0 Å². The van der Waals surface area contributed by atoms with Gasteiger partial charge in [-0.15, -0.1) is 0 Å². The predicted molar refractivity (Wildman–Crippen MR) is 57.3 cm³/mol. The molecule has 14 heavy (non-hydrogen) atoms. The molecule has 2 heteroatoms. The van der Waals surface area contributed by atoms with Crippen LogP contribution in [0.15, 0.2) is 6.20 Å². The minimum atomic E-state index is 0.919. The average Bonchev–Trinajstić information content (AvgIpc) is 2.29. The van der Waals surface area contributed by atoms with Crippen molar-refractivity contribution in [3.05, 3.63) is 23.3 Å². The minimum Gasteiger partial charge on any atom is -0.241 e. The molecule has 0 aromatic carbocycles. The minimum absolute atomic E-state index is 0.919. The second-order valence-corrected chi connectivity index (χ2v) is 4.16. The van der Waals surface area contributed by atoms with Crippen LogP contribution in [0.4, 0.5) is 0 Å². The van der Waals surface area contributed by atoms with Gasteiger partial charge in [-0.05, 0) is 38.2 Å². The van der Waals surface area contributed by atoms with E-state index in [-0.39, 0.29) is 0 Å². The quantitative estimate of drug-likeness (QED) is 0.628. The molecule has 0 spiro atoms. The molecule has 2 rings (SSSR count). The van der Waals surface area contributed by atoms with Crippen LogP contribution in [-0.4, -0.2) is 9.97 Å². The topological polar surface area (TPSA) is 25.8 Å². The van der Waals surface area contributed by atoms with Gasteiger partial charge in [0.25, 0.3) is 0 Å². The second-order valence-electron chi connectivity index (χ2n) is 4.16. The maximum atomic E-state index is 4.55. The van der Waals surface area contributed by atoms with Crippen molar-refractivity contribution >= 4 is 0 Å². The lowest BCUT2D eigenvalue weighted by Gasteiger charge is -2.06. The third kappa shape index (κ3) is 2.31. The van der Waals surface area contributed by atoms with E-state index in [0.29, 0.717) is 0 Å². The number of hydrogen-bond donors (Lipinski definition) is 0. The SMILES string of the molecule is Cc1ncc2c(n1)CCCCCCC2. The van der Waals surface area contributed by atoms with Crippen LogP contribution in [0.1, 0.15) is 49.2 Å². The van der Waals surface area contributed by atoms with E-state index in [1.165, 1.54) is 49.8 Å². The predicted octanol–water partition coefficient (Wildman–Crippen LogP) is 2.83. The highest BCUT2D eigenvalue weighted by atomic mass is 14.9. The van der Waals surface area contributed by atoms with Gasteiger partial charge in [-0.25, -0.2) is 9.97 Å².